The molecule has 17 heavy (non-hydrogen) atoms. The molecule has 90 valence electrons. The first-order valence-corrected chi connectivity index (χ1v) is 6.22. The number of imidazole rings is 1. The fourth-order valence-corrected chi connectivity index (χ4v) is 2.58. The number of hydrogen-bond acceptors (Lipinski definition) is 2. The second-order valence-corrected chi connectivity index (χ2v) is 5.42. The van der Waals surface area contributed by atoms with Crippen LogP contribution in [0.15, 0.2) is 30.6 Å². The minimum absolute atomic E-state index is 0.0427. The van der Waals surface area contributed by atoms with Crippen molar-refractivity contribution in [1.82, 2.24) is 9.55 Å². The fraction of sp³-hybridized carbons (Fsp3) is 0.500. The number of benzene rings is 1. The van der Waals surface area contributed by atoms with E-state index in [1.165, 1.54) is 5.52 Å². The van der Waals surface area contributed by atoms with Gasteiger partial charge in [0.15, 0.2) is 0 Å². The Labute approximate surface area is 101 Å². The van der Waals surface area contributed by atoms with Gasteiger partial charge in [-0.25, -0.2) is 4.98 Å². The Balaban J connectivity index is 1.82. The number of fused-ring (bicyclic) bond motifs is 1. The molecule has 0 bridgehead atoms. The van der Waals surface area contributed by atoms with Crippen molar-refractivity contribution in [3.63, 3.8) is 0 Å². The summed E-state index contributed by atoms with van der Waals surface area (Å²) in [5, 5.41) is 0. The number of rotatable bonds is 2. The van der Waals surface area contributed by atoms with Gasteiger partial charge in [-0.05, 0) is 38.8 Å². The van der Waals surface area contributed by atoms with Gasteiger partial charge in [0, 0.05) is 0 Å². The summed E-state index contributed by atoms with van der Waals surface area (Å²) in [4.78, 5) is 4.40. The molecule has 1 unspecified atom stereocenters. The monoisotopic (exact) mass is 230 g/mol. The van der Waals surface area contributed by atoms with Crippen LogP contribution in [0.2, 0.25) is 0 Å². The first kappa shape index (κ1) is 10.8. The van der Waals surface area contributed by atoms with Crippen molar-refractivity contribution in [2.75, 3.05) is 0 Å². The lowest BCUT2D eigenvalue weighted by molar-refractivity contribution is -0.0212. The fourth-order valence-electron chi connectivity index (χ4n) is 2.58. The van der Waals surface area contributed by atoms with Gasteiger partial charge in [-0.1, -0.05) is 12.1 Å². The Morgan fingerprint density at radius 1 is 1.41 bits per heavy atom. The van der Waals surface area contributed by atoms with Gasteiger partial charge in [-0.15, -0.1) is 0 Å². The molecule has 1 aliphatic rings. The third-order valence-corrected chi connectivity index (χ3v) is 3.48. The van der Waals surface area contributed by atoms with Crippen molar-refractivity contribution in [3.05, 3.63) is 30.6 Å². The molecule has 2 heterocycles. The molecule has 0 spiro atoms. The molecule has 0 aliphatic carbocycles. The number of aromatic nitrogens is 2. The molecule has 3 nitrogen and oxygen atoms in total. The van der Waals surface area contributed by atoms with Crippen molar-refractivity contribution >= 4 is 11.0 Å². The van der Waals surface area contributed by atoms with E-state index in [1.54, 1.807) is 0 Å². The SMILES string of the molecule is CC1(C)CCC(Cn2cnc3ccccc32)O1. The van der Waals surface area contributed by atoms with Crippen LogP contribution < -0.4 is 0 Å². The quantitative estimate of drug-likeness (QED) is 0.793. The second-order valence-electron chi connectivity index (χ2n) is 5.42. The molecule has 0 amide bonds. The van der Waals surface area contributed by atoms with Crippen molar-refractivity contribution < 1.29 is 4.74 Å². The van der Waals surface area contributed by atoms with Crippen LogP contribution in [0.1, 0.15) is 26.7 Å². The maximum Gasteiger partial charge on any atom is 0.0959 e. The van der Waals surface area contributed by atoms with E-state index in [2.05, 4.69) is 35.5 Å². The van der Waals surface area contributed by atoms with Crippen molar-refractivity contribution in [2.24, 2.45) is 0 Å². The average molecular weight is 230 g/mol. The van der Waals surface area contributed by atoms with E-state index in [4.69, 9.17) is 4.74 Å². The highest BCUT2D eigenvalue weighted by molar-refractivity contribution is 5.74. The van der Waals surface area contributed by atoms with Crippen LogP contribution in [0.5, 0.6) is 0 Å². The molecular weight excluding hydrogens is 212 g/mol. The van der Waals surface area contributed by atoms with Gasteiger partial charge in [-0.3, -0.25) is 0 Å². The second kappa shape index (κ2) is 3.84. The van der Waals surface area contributed by atoms with Gasteiger partial charge in [0.1, 0.15) is 0 Å². The molecule has 0 radical (unpaired) electrons. The van der Waals surface area contributed by atoms with Crippen molar-refractivity contribution in [1.29, 1.82) is 0 Å². The van der Waals surface area contributed by atoms with E-state index in [0.717, 1.165) is 24.9 Å². The normalized spacial score (nSPS) is 23.3. The van der Waals surface area contributed by atoms with E-state index in [0.29, 0.717) is 6.10 Å². The molecular formula is C14H18N2O. The Hall–Kier alpha value is -1.35. The molecule has 0 saturated carbocycles. The van der Waals surface area contributed by atoms with Gasteiger partial charge in [-0.2, -0.15) is 0 Å². The zero-order valence-corrected chi connectivity index (χ0v) is 10.4. The molecule has 1 aromatic heterocycles. The van der Waals surface area contributed by atoms with Crippen molar-refractivity contribution in [2.45, 2.75) is 44.9 Å². The smallest absolute Gasteiger partial charge is 0.0959 e. The number of para-hydroxylation sites is 2. The maximum atomic E-state index is 6.02. The van der Waals surface area contributed by atoms with E-state index in [1.807, 2.05) is 18.5 Å². The third kappa shape index (κ3) is 2.07. The number of ether oxygens (including phenoxy) is 1. The van der Waals surface area contributed by atoms with Gasteiger partial charge in [0.05, 0.1) is 35.6 Å². The van der Waals surface area contributed by atoms with E-state index >= 15 is 0 Å². The maximum absolute atomic E-state index is 6.02. The molecule has 3 heteroatoms. The molecule has 1 fully saturated rings. The van der Waals surface area contributed by atoms with Crippen LogP contribution in [-0.4, -0.2) is 21.3 Å². The summed E-state index contributed by atoms with van der Waals surface area (Å²) in [5.74, 6) is 0. The first-order valence-electron chi connectivity index (χ1n) is 6.22. The van der Waals surface area contributed by atoms with Crippen molar-refractivity contribution in [3.8, 4) is 0 Å². The first-order chi connectivity index (χ1) is 8.14. The summed E-state index contributed by atoms with van der Waals surface area (Å²) < 4.78 is 8.22. The minimum atomic E-state index is 0.0427. The standard InChI is InChI=1S/C14H18N2O/c1-14(2)8-7-11(17-14)9-16-10-15-12-5-3-4-6-13(12)16/h3-6,10-11H,7-9H2,1-2H3. The summed E-state index contributed by atoms with van der Waals surface area (Å²) >= 11 is 0. The lowest BCUT2D eigenvalue weighted by atomic mass is 10.1. The molecule has 1 aromatic carbocycles. The van der Waals surface area contributed by atoms with E-state index in [-0.39, 0.29) is 5.60 Å². The highest BCUT2D eigenvalue weighted by atomic mass is 16.5. The highest BCUT2D eigenvalue weighted by Crippen LogP contribution is 2.30. The minimum Gasteiger partial charge on any atom is -0.370 e. The van der Waals surface area contributed by atoms with Gasteiger partial charge >= 0.3 is 0 Å². The Kier molecular flexibility index (Phi) is 2.44. The van der Waals surface area contributed by atoms with Gasteiger partial charge < -0.3 is 9.30 Å². The third-order valence-electron chi connectivity index (χ3n) is 3.48. The summed E-state index contributed by atoms with van der Waals surface area (Å²) in [6, 6.07) is 8.24. The molecule has 3 rings (SSSR count). The summed E-state index contributed by atoms with van der Waals surface area (Å²) in [6.45, 7) is 5.24. The zero-order valence-electron chi connectivity index (χ0n) is 10.4. The molecule has 1 atom stereocenters. The van der Waals surface area contributed by atoms with Crippen LogP contribution in [-0.2, 0) is 11.3 Å². The van der Waals surface area contributed by atoms with Crippen LogP contribution in [0, 0.1) is 0 Å². The van der Waals surface area contributed by atoms with Crippen LogP contribution in [0.4, 0.5) is 0 Å². The average Bonchev–Trinajstić information content (AvgIpc) is 2.84. The molecule has 1 saturated heterocycles. The Morgan fingerprint density at radius 3 is 3.00 bits per heavy atom. The lowest BCUT2D eigenvalue weighted by Gasteiger charge is -2.19. The summed E-state index contributed by atoms with van der Waals surface area (Å²) in [6.07, 6.45) is 4.52. The highest BCUT2D eigenvalue weighted by Gasteiger charge is 2.31. The molecule has 1 aliphatic heterocycles. The van der Waals surface area contributed by atoms with Gasteiger partial charge in [0.25, 0.3) is 0 Å². The van der Waals surface area contributed by atoms with Crippen LogP contribution in [0.25, 0.3) is 11.0 Å². The topological polar surface area (TPSA) is 27.1 Å². The number of hydrogen-bond donors (Lipinski definition) is 0. The Morgan fingerprint density at radius 2 is 2.24 bits per heavy atom. The molecule has 2 aromatic rings. The largest absolute Gasteiger partial charge is 0.370 e. The lowest BCUT2D eigenvalue weighted by Crippen LogP contribution is -2.22. The Bertz CT molecular complexity index is 530. The van der Waals surface area contributed by atoms with E-state index in [9.17, 15) is 0 Å². The van der Waals surface area contributed by atoms with Gasteiger partial charge in [0.2, 0.25) is 0 Å². The zero-order chi connectivity index (χ0) is 11.9. The van der Waals surface area contributed by atoms with Crippen LogP contribution >= 0.6 is 0 Å². The number of nitrogens with zero attached hydrogens (tertiary/aromatic N) is 2. The molecule has 0 N–H and O–H groups in total. The van der Waals surface area contributed by atoms with E-state index < -0.39 is 0 Å². The predicted octanol–water partition coefficient (Wildman–Crippen LogP) is 2.99. The summed E-state index contributed by atoms with van der Waals surface area (Å²) in [5.41, 5.74) is 2.30. The predicted molar refractivity (Wildman–Crippen MR) is 67.9 cm³/mol. The van der Waals surface area contributed by atoms with Crippen LogP contribution in [0.3, 0.4) is 0 Å². The summed E-state index contributed by atoms with van der Waals surface area (Å²) in [7, 11) is 0.